The molecular formula is C8H10N6O2S2. The molecule has 0 aliphatic heterocycles. The average Bonchev–Trinajstić information content (AvgIpc) is 2.16. The van der Waals surface area contributed by atoms with E-state index in [1.807, 2.05) is 0 Å². The Labute approximate surface area is 114 Å². The Morgan fingerprint density at radius 3 is 1.39 bits per heavy atom. The van der Waals surface area contributed by atoms with E-state index in [0.717, 1.165) is 0 Å². The lowest BCUT2D eigenvalue weighted by Gasteiger charge is -1.94. The van der Waals surface area contributed by atoms with Crippen LogP contribution in [0.4, 0.5) is 0 Å². The molecule has 2 amide bonds. The fourth-order valence-electron chi connectivity index (χ4n) is 0.507. The summed E-state index contributed by atoms with van der Waals surface area (Å²) in [5, 5.41) is 19.9. The third-order valence-electron chi connectivity index (χ3n) is 1.00. The molecule has 0 saturated heterocycles. The van der Waals surface area contributed by atoms with E-state index >= 15 is 0 Å². The van der Waals surface area contributed by atoms with E-state index in [0.29, 0.717) is 0 Å². The molecule has 10 heteroatoms. The van der Waals surface area contributed by atoms with E-state index in [1.54, 1.807) is 12.1 Å². The Morgan fingerprint density at radius 1 is 0.944 bits per heavy atom. The van der Waals surface area contributed by atoms with Crippen molar-refractivity contribution < 1.29 is 9.59 Å². The highest BCUT2D eigenvalue weighted by Gasteiger charge is 1.98. The van der Waals surface area contributed by atoms with Crippen LogP contribution in [0.15, 0.2) is 0 Å². The van der Waals surface area contributed by atoms with E-state index in [2.05, 4.69) is 35.1 Å². The number of rotatable bonds is 2. The summed E-state index contributed by atoms with van der Waals surface area (Å²) in [4.78, 5) is 20.7. The van der Waals surface area contributed by atoms with Crippen molar-refractivity contribution in [3.05, 3.63) is 0 Å². The van der Waals surface area contributed by atoms with E-state index in [-0.39, 0.29) is 23.1 Å². The summed E-state index contributed by atoms with van der Waals surface area (Å²) in [6.07, 6.45) is -0.422. The first-order valence-corrected chi connectivity index (χ1v) is 5.07. The third kappa shape index (κ3) is 16.1. The average molecular weight is 286 g/mol. The van der Waals surface area contributed by atoms with Crippen LogP contribution in [0.2, 0.25) is 0 Å². The number of hydrogen-bond donors (Lipinski definition) is 4. The summed E-state index contributed by atoms with van der Waals surface area (Å²) in [7, 11) is 0. The zero-order chi connectivity index (χ0) is 14.6. The van der Waals surface area contributed by atoms with Gasteiger partial charge in [0.2, 0.25) is 11.8 Å². The molecule has 0 fully saturated rings. The first-order chi connectivity index (χ1) is 8.33. The van der Waals surface area contributed by atoms with E-state index in [1.165, 1.54) is 0 Å². The molecular weight excluding hydrogens is 276 g/mol. The molecule has 18 heavy (non-hydrogen) atoms. The molecule has 0 spiro atoms. The van der Waals surface area contributed by atoms with Crippen LogP contribution in [0.3, 0.4) is 0 Å². The first-order valence-electron chi connectivity index (χ1n) is 4.26. The minimum atomic E-state index is -0.468. The highest BCUT2D eigenvalue weighted by Crippen LogP contribution is 1.73. The number of carbonyl (C=O) groups excluding carboxylic acids is 2. The molecule has 0 saturated carbocycles. The zero-order valence-corrected chi connectivity index (χ0v) is 10.7. The Morgan fingerprint density at radius 2 is 1.22 bits per heavy atom. The smallest absolute Gasteiger partial charge is 0.240 e. The van der Waals surface area contributed by atoms with Crippen molar-refractivity contribution in [1.82, 2.24) is 10.6 Å². The zero-order valence-electron chi connectivity index (χ0n) is 9.10. The van der Waals surface area contributed by atoms with Gasteiger partial charge in [-0.15, -0.1) is 0 Å². The molecule has 0 aromatic carbocycles. The van der Waals surface area contributed by atoms with E-state index < -0.39 is 11.8 Å². The monoisotopic (exact) mass is 286 g/mol. The van der Waals surface area contributed by atoms with Gasteiger partial charge in [-0.1, -0.05) is 0 Å². The molecule has 8 nitrogen and oxygen atoms in total. The minimum Gasteiger partial charge on any atom is -0.376 e. The second-order valence-corrected chi connectivity index (χ2v) is 3.37. The Kier molecular flexibility index (Phi) is 11.2. The molecule has 0 rings (SSSR count). The van der Waals surface area contributed by atoms with Crippen LogP contribution in [0.1, 0.15) is 12.8 Å². The topological polar surface area (TPSA) is 158 Å². The predicted molar refractivity (Wildman–Crippen MR) is 70.3 cm³/mol. The van der Waals surface area contributed by atoms with Crippen LogP contribution < -0.4 is 22.1 Å². The molecule has 0 aliphatic rings. The second kappa shape index (κ2) is 11.2. The molecule has 6 N–H and O–H groups in total. The Bertz CT molecular complexity index is 382. The van der Waals surface area contributed by atoms with Gasteiger partial charge >= 0.3 is 0 Å². The van der Waals surface area contributed by atoms with Gasteiger partial charge < -0.3 is 22.1 Å². The molecule has 0 atom stereocenters. The number of nitriles is 2. The lowest BCUT2D eigenvalue weighted by Crippen LogP contribution is -2.34. The number of nitrogens with one attached hydrogen (secondary N) is 2. The van der Waals surface area contributed by atoms with Gasteiger partial charge in [0.1, 0.15) is 12.8 Å². The maximum atomic E-state index is 10.4. The fourth-order valence-corrected chi connectivity index (χ4v) is 0.734. The Hall–Kier alpha value is -2.30. The van der Waals surface area contributed by atoms with E-state index in [4.69, 9.17) is 22.0 Å². The number of nitrogens with zero attached hydrogens (tertiary/aromatic N) is 2. The summed E-state index contributed by atoms with van der Waals surface area (Å²) in [6.45, 7) is 0. The summed E-state index contributed by atoms with van der Waals surface area (Å²) in [5.41, 5.74) is 9.83. The van der Waals surface area contributed by atoms with Gasteiger partial charge in [0.25, 0.3) is 0 Å². The SMILES string of the molecule is N#CCC(=O)NC(N)=S.N#CCC(=O)NC(N)=S. The van der Waals surface area contributed by atoms with Crippen molar-refractivity contribution in [2.45, 2.75) is 12.8 Å². The van der Waals surface area contributed by atoms with Gasteiger partial charge in [-0.25, -0.2) is 0 Å². The Balaban J connectivity index is 0. The number of nitrogens with two attached hydrogens (primary N) is 2. The summed E-state index contributed by atoms with van der Waals surface area (Å²) in [5.74, 6) is -0.935. The quantitative estimate of drug-likeness (QED) is 0.447. The van der Waals surface area contributed by atoms with Crippen LogP contribution in [-0.2, 0) is 9.59 Å². The number of hydrogen-bond acceptors (Lipinski definition) is 6. The van der Waals surface area contributed by atoms with Crippen LogP contribution in [0, 0.1) is 22.7 Å². The van der Waals surface area contributed by atoms with Crippen molar-refractivity contribution in [2.24, 2.45) is 11.5 Å². The number of thiocarbonyl (C=S) groups is 2. The molecule has 0 aliphatic carbocycles. The largest absolute Gasteiger partial charge is 0.376 e. The molecule has 0 unspecified atom stereocenters. The van der Waals surface area contributed by atoms with Gasteiger partial charge in [-0.3, -0.25) is 9.59 Å². The standard InChI is InChI=1S/2C4H5N3OS/c2*5-2-1-3(8)7-4(6)9/h2*1H2,(H3,6,7,8,9). The van der Waals surface area contributed by atoms with Crippen LogP contribution in [0.25, 0.3) is 0 Å². The van der Waals surface area contributed by atoms with Crippen molar-refractivity contribution in [3.8, 4) is 12.1 Å². The third-order valence-corrected chi connectivity index (χ3v) is 1.21. The highest BCUT2D eigenvalue weighted by molar-refractivity contribution is 7.80. The van der Waals surface area contributed by atoms with Crippen LogP contribution in [0.5, 0.6) is 0 Å². The van der Waals surface area contributed by atoms with Gasteiger partial charge in [0.15, 0.2) is 10.2 Å². The van der Waals surface area contributed by atoms with Crippen molar-refractivity contribution in [3.63, 3.8) is 0 Å². The normalized spacial score (nSPS) is 7.44. The first kappa shape index (κ1) is 18.1. The van der Waals surface area contributed by atoms with E-state index in [9.17, 15) is 9.59 Å². The number of amides is 2. The highest BCUT2D eigenvalue weighted by atomic mass is 32.1. The number of carbonyl (C=O) groups is 2. The molecule has 0 aromatic rings. The maximum absolute atomic E-state index is 10.4. The van der Waals surface area contributed by atoms with Crippen LogP contribution >= 0.6 is 24.4 Å². The molecule has 0 radical (unpaired) electrons. The fraction of sp³-hybridized carbons (Fsp3) is 0.250. The maximum Gasteiger partial charge on any atom is 0.240 e. The lowest BCUT2D eigenvalue weighted by molar-refractivity contribution is -0.119. The summed E-state index contributed by atoms with van der Waals surface area (Å²) < 4.78 is 0. The molecule has 0 bridgehead atoms. The molecule has 0 aromatic heterocycles. The minimum absolute atomic E-state index is 0.102. The van der Waals surface area contributed by atoms with Gasteiger partial charge in [0.05, 0.1) is 12.1 Å². The summed E-state index contributed by atoms with van der Waals surface area (Å²) in [6, 6.07) is 3.29. The predicted octanol–water partition coefficient (Wildman–Crippen LogP) is -1.48. The second-order valence-electron chi connectivity index (χ2n) is 2.49. The van der Waals surface area contributed by atoms with Gasteiger partial charge in [-0.2, -0.15) is 10.5 Å². The van der Waals surface area contributed by atoms with Gasteiger partial charge in [-0.05, 0) is 24.4 Å². The van der Waals surface area contributed by atoms with Crippen molar-refractivity contribution in [1.29, 1.82) is 10.5 Å². The van der Waals surface area contributed by atoms with Crippen LogP contribution in [-0.4, -0.2) is 22.0 Å². The summed E-state index contributed by atoms with van der Waals surface area (Å²) >= 11 is 8.64. The molecule has 96 valence electrons. The lowest BCUT2D eigenvalue weighted by atomic mass is 10.4. The van der Waals surface area contributed by atoms with Crippen molar-refractivity contribution >= 4 is 46.5 Å². The van der Waals surface area contributed by atoms with Gasteiger partial charge in [0, 0.05) is 0 Å². The molecule has 0 heterocycles. The van der Waals surface area contributed by atoms with Crippen molar-refractivity contribution in [2.75, 3.05) is 0 Å².